The topological polar surface area (TPSA) is 40.5 Å². The van der Waals surface area contributed by atoms with E-state index in [-0.39, 0.29) is 11.7 Å². The highest BCUT2D eigenvalue weighted by molar-refractivity contribution is 7.99. The molecule has 1 heterocycles. The van der Waals surface area contributed by atoms with Gasteiger partial charge in [0, 0.05) is 23.5 Å². The molecular weight excluding hydrogens is 289 g/mol. The van der Waals surface area contributed by atoms with E-state index in [1.165, 1.54) is 11.0 Å². The predicted molar refractivity (Wildman–Crippen MR) is 86.5 cm³/mol. The summed E-state index contributed by atoms with van der Waals surface area (Å²) in [4.78, 5) is 12.5. The average Bonchev–Trinajstić information content (AvgIpc) is 2.45. The van der Waals surface area contributed by atoms with Crippen LogP contribution >= 0.6 is 11.8 Å². The van der Waals surface area contributed by atoms with E-state index in [1.807, 2.05) is 25.6 Å². The summed E-state index contributed by atoms with van der Waals surface area (Å²) in [5.74, 6) is 1.75. The molecule has 0 unspecified atom stereocenters. The van der Waals surface area contributed by atoms with Gasteiger partial charge in [0.25, 0.3) is 0 Å². The second-order valence-corrected chi connectivity index (χ2v) is 6.66. The molecule has 114 valence electrons. The Hall–Kier alpha value is -1.49. The Balaban J connectivity index is 2.28. The number of allylic oxidation sites excluding steroid dienone is 1. The van der Waals surface area contributed by atoms with Gasteiger partial charge in [-0.05, 0) is 41.9 Å². The van der Waals surface area contributed by atoms with E-state index in [9.17, 15) is 14.3 Å². The van der Waals surface area contributed by atoms with Crippen molar-refractivity contribution < 1.29 is 14.3 Å². The van der Waals surface area contributed by atoms with Crippen LogP contribution in [0.5, 0.6) is 0 Å². The highest BCUT2D eigenvalue weighted by atomic mass is 32.2. The molecule has 1 aliphatic rings. The zero-order valence-electron chi connectivity index (χ0n) is 12.3. The number of carboxylic acid groups (broad SMARTS) is 1. The molecule has 0 bridgehead atoms. The molecule has 1 amide bonds. The van der Waals surface area contributed by atoms with Crippen LogP contribution < -0.4 is 4.90 Å². The van der Waals surface area contributed by atoms with Crippen molar-refractivity contribution in [2.75, 3.05) is 23.0 Å². The molecule has 1 N–H and O–H groups in total. The minimum absolute atomic E-state index is 0.182. The summed E-state index contributed by atoms with van der Waals surface area (Å²) in [6, 6.07) is 4.72. The van der Waals surface area contributed by atoms with Crippen LogP contribution in [0, 0.1) is 11.7 Å². The molecule has 0 saturated heterocycles. The highest BCUT2D eigenvalue weighted by Gasteiger charge is 2.18. The molecule has 0 saturated carbocycles. The summed E-state index contributed by atoms with van der Waals surface area (Å²) in [6.07, 6.45) is 1.86. The standard InChI is InChI=1S/C16H20FNO2S/c1-11(2)10-18(16(19)20)13-3-4-14(15(17)9-13)12-5-7-21-8-6-12/h3-5,9,11H,6-8,10H2,1-2H3,(H,19,20). The van der Waals surface area contributed by atoms with Crippen LogP contribution in [0.3, 0.4) is 0 Å². The first-order valence-electron chi connectivity index (χ1n) is 7.06. The number of amides is 1. The molecule has 0 aliphatic carbocycles. The Morgan fingerprint density at radius 1 is 1.48 bits per heavy atom. The second kappa shape index (κ2) is 6.98. The lowest BCUT2D eigenvalue weighted by Crippen LogP contribution is -2.32. The first-order chi connectivity index (χ1) is 9.99. The van der Waals surface area contributed by atoms with Gasteiger partial charge in [-0.15, -0.1) is 0 Å². The molecule has 2 rings (SSSR count). The van der Waals surface area contributed by atoms with Crippen LogP contribution in [0.2, 0.25) is 0 Å². The van der Waals surface area contributed by atoms with Crippen molar-refractivity contribution in [2.45, 2.75) is 20.3 Å². The largest absolute Gasteiger partial charge is 0.465 e. The summed E-state index contributed by atoms with van der Waals surface area (Å²) < 4.78 is 14.3. The fourth-order valence-corrected chi connectivity index (χ4v) is 3.21. The van der Waals surface area contributed by atoms with Crippen LogP contribution in [0.15, 0.2) is 24.3 Å². The summed E-state index contributed by atoms with van der Waals surface area (Å²) in [5, 5.41) is 9.27. The maximum atomic E-state index is 14.3. The van der Waals surface area contributed by atoms with Crippen LogP contribution in [-0.4, -0.2) is 29.3 Å². The van der Waals surface area contributed by atoms with Crippen molar-refractivity contribution in [3.05, 3.63) is 35.7 Å². The normalized spacial score (nSPS) is 15.0. The number of rotatable bonds is 4. The number of carbonyl (C=O) groups is 1. The van der Waals surface area contributed by atoms with Gasteiger partial charge in [-0.2, -0.15) is 11.8 Å². The average molecular weight is 309 g/mol. The summed E-state index contributed by atoms with van der Waals surface area (Å²) >= 11 is 1.83. The van der Waals surface area contributed by atoms with Crippen LogP contribution in [0.4, 0.5) is 14.9 Å². The third kappa shape index (κ3) is 4.00. The van der Waals surface area contributed by atoms with Crippen molar-refractivity contribution in [3.63, 3.8) is 0 Å². The van der Waals surface area contributed by atoms with Gasteiger partial charge in [0.2, 0.25) is 0 Å². The summed E-state index contributed by atoms with van der Waals surface area (Å²) in [6.45, 7) is 4.23. The predicted octanol–water partition coefficient (Wildman–Crippen LogP) is 4.49. The zero-order chi connectivity index (χ0) is 15.4. The molecule has 0 aromatic heterocycles. The Morgan fingerprint density at radius 2 is 2.24 bits per heavy atom. The SMILES string of the molecule is CC(C)CN(C(=O)O)c1ccc(C2=CCSCC2)c(F)c1. The van der Waals surface area contributed by atoms with E-state index < -0.39 is 6.09 Å². The monoisotopic (exact) mass is 309 g/mol. The van der Waals surface area contributed by atoms with E-state index in [0.29, 0.717) is 17.8 Å². The number of hydrogen-bond donors (Lipinski definition) is 1. The fraction of sp³-hybridized carbons (Fsp3) is 0.438. The molecule has 1 aromatic carbocycles. The maximum Gasteiger partial charge on any atom is 0.411 e. The molecule has 3 nitrogen and oxygen atoms in total. The molecule has 1 aromatic rings. The van der Waals surface area contributed by atoms with Crippen LogP contribution in [0.1, 0.15) is 25.8 Å². The first kappa shape index (κ1) is 15.9. The molecule has 1 aliphatic heterocycles. The van der Waals surface area contributed by atoms with Gasteiger partial charge in [0.15, 0.2) is 0 Å². The third-order valence-electron chi connectivity index (χ3n) is 3.35. The van der Waals surface area contributed by atoms with E-state index in [0.717, 1.165) is 23.5 Å². The summed E-state index contributed by atoms with van der Waals surface area (Å²) in [5.41, 5.74) is 2.00. The van der Waals surface area contributed by atoms with Gasteiger partial charge in [-0.25, -0.2) is 9.18 Å². The van der Waals surface area contributed by atoms with Crippen molar-refractivity contribution in [3.8, 4) is 0 Å². The molecular formula is C16H20FNO2S. The maximum absolute atomic E-state index is 14.3. The lowest BCUT2D eigenvalue weighted by Gasteiger charge is -2.22. The van der Waals surface area contributed by atoms with Gasteiger partial charge in [-0.3, -0.25) is 4.90 Å². The number of anilines is 1. The van der Waals surface area contributed by atoms with Gasteiger partial charge in [0.05, 0.1) is 0 Å². The second-order valence-electron chi connectivity index (χ2n) is 5.51. The van der Waals surface area contributed by atoms with Gasteiger partial charge >= 0.3 is 6.09 Å². The van der Waals surface area contributed by atoms with Crippen molar-refractivity contribution in [2.24, 2.45) is 5.92 Å². The quantitative estimate of drug-likeness (QED) is 0.891. The smallest absolute Gasteiger partial charge is 0.411 e. The zero-order valence-corrected chi connectivity index (χ0v) is 13.1. The number of nitrogens with zero attached hydrogens (tertiary/aromatic N) is 1. The third-order valence-corrected chi connectivity index (χ3v) is 4.25. The van der Waals surface area contributed by atoms with E-state index >= 15 is 0 Å². The minimum Gasteiger partial charge on any atom is -0.465 e. The Labute approximate surface area is 128 Å². The van der Waals surface area contributed by atoms with Crippen molar-refractivity contribution >= 4 is 29.1 Å². The number of halogens is 1. The van der Waals surface area contributed by atoms with E-state index in [2.05, 4.69) is 6.08 Å². The first-order valence-corrected chi connectivity index (χ1v) is 8.21. The van der Waals surface area contributed by atoms with Crippen molar-refractivity contribution in [1.29, 1.82) is 0 Å². The van der Waals surface area contributed by atoms with Crippen LogP contribution in [0.25, 0.3) is 5.57 Å². The number of thioether (sulfide) groups is 1. The minimum atomic E-state index is -1.05. The van der Waals surface area contributed by atoms with E-state index in [4.69, 9.17) is 0 Å². The lowest BCUT2D eigenvalue weighted by molar-refractivity contribution is 0.201. The fourth-order valence-electron chi connectivity index (χ4n) is 2.36. The summed E-state index contributed by atoms with van der Waals surface area (Å²) in [7, 11) is 0. The Morgan fingerprint density at radius 3 is 2.76 bits per heavy atom. The Bertz CT molecular complexity index is 557. The highest BCUT2D eigenvalue weighted by Crippen LogP contribution is 2.30. The number of benzene rings is 1. The molecule has 0 atom stereocenters. The Kier molecular flexibility index (Phi) is 5.28. The molecule has 0 radical (unpaired) electrons. The van der Waals surface area contributed by atoms with Crippen LogP contribution in [-0.2, 0) is 0 Å². The number of hydrogen-bond acceptors (Lipinski definition) is 2. The van der Waals surface area contributed by atoms with Gasteiger partial charge < -0.3 is 5.11 Å². The molecule has 21 heavy (non-hydrogen) atoms. The lowest BCUT2D eigenvalue weighted by atomic mass is 10.0. The van der Waals surface area contributed by atoms with Gasteiger partial charge in [-0.1, -0.05) is 19.9 Å². The van der Waals surface area contributed by atoms with Crippen molar-refractivity contribution in [1.82, 2.24) is 0 Å². The molecule has 0 spiro atoms. The van der Waals surface area contributed by atoms with Gasteiger partial charge in [0.1, 0.15) is 5.82 Å². The van der Waals surface area contributed by atoms with E-state index in [1.54, 1.807) is 12.1 Å². The molecule has 5 heteroatoms. The molecule has 0 fully saturated rings.